The molecule has 0 saturated carbocycles. The third kappa shape index (κ3) is 5.91. The lowest BCUT2D eigenvalue weighted by Crippen LogP contribution is -2.18. The fourth-order valence-electron chi connectivity index (χ4n) is 2.47. The van der Waals surface area contributed by atoms with E-state index in [1.807, 2.05) is 0 Å². The number of alkyl halides is 1. The largest absolute Gasteiger partial charge is 0.490 e. The van der Waals surface area contributed by atoms with Crippen LogP contribution in [0.25, 0.3) is 0 Å². The number of carbonyl (C=O) groups excluding carboxylic acids is 1. The summed E-state index contributed by atoms with van der Waals surface area (Å²) in [5.41, 5.74) is 1.17. The van der Waals surface area contributed by atoms with Gasteiger partial charge in [0.1, 0.15) is 23.7 Å². The first-order valence-corrected chi connectivity index (χ1v) is 10.1. The Kier molecular flexibility index (Phi) is 7.23. The van der Waals surface area contributed by atoms with Gasteiger partial charge in [-0.05, 0) is 62.8 Å². The number of carbonyl (C=O) groups is 1. The zero-order chi connectivity index (χ0) is 20.2. The molecule has 0 atom stereocenters. The number of ether oxygens (including phenoxy) is 1. The summed E-state index contributed by atoms with van der Waals surface area (Å²) in [4.78, 5) is 17.2. The second-order valence-corrected chi connectivity index (χ2v) is 9.14. The van der Waals surface area contributed by atoms with Crippen molar-refractivity contribution in [2.45, 2.75) is 46.6 Å². The standard InChI is InChI=1S/C20H26ClFN2O2S/c1-13(2)10-14-12-24(20(3,4)5)27-19(14)23-18(25)16-11-15(21)6-7-17(16)26-9-8-22/h6-7,11-13H,8-10H2,1-5H3/b23-19-. The Bertz CT molecular complexity index is 866. The lowest BCUT2D eigenvalue weighted by atomic mass is 10.1. The summed E-state index contributed by atoms with van der Waals surface area (Å²) in [6.07, 6.45) is 2.89. The number of hydrogen-bond donors (Lipinski definition) is 0. The van der Waals surface area contributed by atoms with Crippen LogP contribution in [0.15, 0.2) is 29.4 Å². The molecule has 0 aliphatic heterocycles. The molecule has 0 saturated heterocycles. The third-order valence-corrected chi connectivity index (χ3v) is 5.34. The first-order valence-electron chi connectivity index (χ1n) is 8.91. The molecule has 0 aliphatic rings. The Hall–Kier alpha value is -1.66. The molecule has 0 bridgehead atoms. The highest BCUT2D eigenvalue weighted by molar-refractivity contribution is 7.04. The van der Waals surface area contributed by atoms with Crippen LogP contribution in [-0.4, -0.2) is 23.1 Å². The monoisotopic (exact) mass is 412 g/mol. The Morgan fingerprint density at radius 1 is 1.37 bits per heavy atom. The second-order valence-electron chi connectivity index (χ2n) is 7.74. The maximum atomic E-state index is 12.8. The maximum absolute atomic E-state index is 12.8. The summed E-state index contributed by atoms with van der Waals surface area (Å²) in [6.45, 7) is 9.82. The fourth-order valence-corrected chi connectivity index (χ4v) is 3.66. The van der Waals surface area contributed by atoms with Gasteiger partial charge in [0, 0.05) is 22.3 Å². The molecule has 1 heterocycles. The molecule has 0 unspecified atom stereocenters. The van der Waals surface area contributed by atoms with E-state index in [-0.39, 0.29) is 23.5 Å². The van der Waals surface area contributed by atoms with Gasteiger partial charge in [-0.2, -0.15) is 4.99 Å². The van der Waals surface area contributed by atoms with Crippen LogP contribution in [0.2, 0.25) is 5.02 Å². The maximum Gasteiger partial charge on any atom is 0.282 e. The van der Waals surface area contributed by atoms with Gasteiger partial charge >= 0.3 is 0 Å². The lowest BCUT2D eigenvalue weighted by molar-refractivity contribution is 0.0994. The molecule has 4 nitrogen and oxygen atoms in total. The molecule has 0 N–H and O–H groups in total. The molecule has 0 fully saturated rings. The van der Waals surface area contributed by atoms with Crippen molar-refractivity contribution in [3.8, 4) is 5.75 Å². The minimum atomic E-state index is -0.636. The molecule has 148 valence electrons. The van der Waals surface area contributed by atoms with E-state index in [9.17, 15) is 9.18 Å². The predicted octanol–water partition coefficient (Wildman–Crippen LogP) is 5.25. The van der Waals surface area contributed by atoms with Crippen LogP contribution in [0.3, 0.4) is 0 Å². The number of rotatable bonds is 6. The smallest absolute Gasteiger partial charge is 0.282 e. The Morgan fingerprint density at radius 3 is 2.67 bits per heavy atom. The van der Waals surface area contributed by atoms with Crippen molar-refractivity contribution in [3.63, 3.8) is 0 Å². The molecule has 27 heavy (non-hydrogen) atoms. The van der Waals surface area contributed by atoms with Crippen LogP contribution in [-0.2, 0) is 12.0 Å². The van der Waals surface area contributed by atoms with E-state index in [4.69, 9.17) is 16.3 Å². The highest BCUT2D eigenvalue weighted by Gasteiger charge is 2.18. The summed E-state index contributed by atoms with van der Waals surface area (Å²) < 4.78 is 20.6. The molecule has 0 spiro atoms. The number of nitrogens with zero attached hydrogens (tertiary/aromatic N) is 2. The van der Waals surface area contributed by atoms with Crippen molar-refractivity contribution < 1.29 is 13.9 Å². The Morgan fingerprint density at radius 2 is 2.07 bits per heavy atom. The molecule has 7 heteroatoms. The van der Waals surface area contributed by atoms with Crippen LogP contribution >= 0.6 is 23.1 Å². The predicted molar refractivity (Wildman–Crippen MR) is 109 cm³/mol. The average molecular weight is 413 g/mol. The van der Waals surface area contributed by atoms with Crippen molar-refractivity contribution in [1.82, 2.24) is 3.96 Å². The van der Waals surface area contributed by atoms with Crippen molar-refractivity contribution >= 4 is 29.0 Å². The molecule has 1 aromatic carbocycles. The van der Waals surface area contributed by atoms with Gasteiger partial charge in [-0.3, -0.25) is 8.75 Å². The van der Waals surface area contributed by atoms with Gasteiger partial charge in [-0.25, -0.2) is 4.39 Å². The molecule has 1 amide bonds. The topological polar surface area (TPSA) is 43.6 Å². The molecule has 0 aliphatic carbocycles. The molecule has 2 aromatic rings. The van der Waals surface area contributed by atoms with E-state index >= 15 is 0 Å². The van der Waals surface area contributed by atoms with E-state index in [0.717, 1.165) is 12.0 Å². The number of benzene rings is 1. The van der Waals surface area contributed by atoms with Crippen molar-refractivity contribution in [2.75, 3.05) is 13.3 Å². The van der Waals surface area contributed by atoms with Gasteiger partial charge in [0.25, 0.3) is 5.91 Å². The van der Waals surface area contributed by atoms with Gasteiger partial charge in [0.2, 0.25) is 0 Å². The number of hydrogen-bond acceptors (Lipinski definition) is 3. The number of halogens is 2. The van der Waals surface area contributed by atoms with Crippen LogP contribution in [0, 0.1) is 5.92 Å². The lowest BCUT2D eigenvalue weighted by Gasteiger charge is -2.19. The first kappa shape index (κ1) is 21.6. The summed E-state index contributed by atoms with van der Waals surface area (Å²) in [5.74, 6) is 0.280. The van der Waals surface area contributed by atoms with Gasteiger partial charge in [-0.15, -0.1) is 0 Å². The summed E-state index contributed by atoms with van der Waals surface area (Å²) in [6, 6.07) is 4.68. The molecular weight excluding hydrogens is 387 g/mol. The van der Waals surface area contributed by atoms with E-state index in [1.54, 1.807) is 12.1 Å². The molecular formula is C20H26ClFN2O2S. The second kappa shape index (κ2) is 9.02. The van der Waals surface area contributed by atoms with Gasteiger partial charge in [-0.1, -0.05) is 25.4 Å². The molecule has 1 aromatic heterocycles. The summed E-state index contributed by atoms with van der Waals surface area (Å²) in [5, 5.41) is 0.402. The quantitative estimate of drug-likeness (QED) is 0.650. The average Bonchev–Trinajstić information content (AvgIpc) is 2.95. The van der Waals surface area contributed by atoms with Crippen LogP contribution in [0.1, 0.15) is 50.5 Å². The minimum Gasteiger partial charge on any atom is -0.490 e. The van der Waals surface area contributed by atoms with Crippen molar-refractivity contribution in [1.29, 1.82) is 0 Å². The van der Waals surface area contributed by atoms with E-state index in [2.05, 4.69) is 49.8 Å². The zero-order valence-electron chi connectivity index (χ0n) is 16.4. The molecule has 2 rings (SSSR count). The van der Waals surface area contributed by atoms with Gasteiger partial charge < -0.3 is 4.74 Å². The van der Waals surface area contributed by atoms with Gasteiger partial charge in [0.15, 0.2) is 0 Å². The highest BCUT2D eigenvalue weighted by Crippen LogP contribution is 2.24. The first-order chi connectivity index (χ1) is 12.6. The summed E-state index contributed by atoms with van der Waals surface area (Å²) >= 11 is 7.49. The van der Waals surface area contributed by atoms with E-state index in [0.29, 0.717) is 15.6 Å². The Labute approximate surface area is 168 Å². The SMILES string of the molecule is CC(C)Cc1cn(C(C)(C)C)s/c1=N\C(=O)c1cc(Cl)ccc1OCCF. The normalized spacial score (nSPS) is 12.7. The number of amides is 1. The fraction of sp³-hybridized carbons (Fsp3) is 0.500. The minimum absolute atomic E-state index is 0.0985. The van der Waals surface area contributed by atoms with Gasteiger partial charge in [0.05, 0.1) is 5.56 Å². The summed E-state index contributed by atoms with van der Waals surface area (Å²) in [7, 11) is 0. The highest BCUT2D eigenvalue weighted by atomic mass is 35.5. The van der Waals surface area contributed by atoms with Crippen LogP contribution in [0.5, 0.6) is 5.75 Å². The van der Waals surface area contributed by atoms with Crippen LogP contribution in [0.4, 0.5) is 4.39 Å². The third-order valence-electron chi connectivity index (χ3n) is 3.73. The molecule has 0 radical (unpaired) electrons. The van der Waals surface area contributed by atoms with E-state index < -0.39 is 12.6 Å². The van der Waals surface area contributed by atoms with Crippen molar-refractivity contribution in [2.24, 2.45) is 10.9 Å². The Balaban J connectivity index is 2.50. The zero-order valence-corrected chi connectivity index (χ0v) is 18.0. The van der Waals surface area contributed by atoms with Crippen LogP contribution < -0.4 is 9.41 Å². The van der Waals surface area contributed by atoms with E-state index in [1.165, 1.54) is 17.6 Å². The number of aromatic nitrogens is 1. The van der Waals surface area contributed by atoms with Crippen molar-refractivity contribution in [3.05, 3.63) is 45.2 Å².